The Kier molecular flexibility index (Phi) is 7.42. The maximum atomic E-state index is 11.0. The second kappa shape index (κ2) is 10.4. The van der Waals surface area contributed by atoms with Crippen molar-refractivity contribution < 1.29 is 51.1 Å². The Hall–Kier alpha value is -3.64. The van der Waals surface area contributed by atoms with Gasteiger partial charge in [-0.05, 0) is 56.9 Å². The van der Waals surface area contributed by atoms with Gasteiger partial charge in [0.1, 0.15) is 23.0 Å². The zero-order valence-electron chi connectivity index (χ0n) is 19.7. The summed E-state index contributed by atoms with van der Waals surface area (Å²) in [5, 5.41) is 103. The lowest BCUT2D eigenvalue weighted by Crippen LogP contribution is -2.02. The average Bonchev–Trinajstić information content (AvgIpc) is 2.89. The molecule has 0 aliphatic carbocycles. The summed E-state index contributed by atoms with van der Waals surface area (Å²) in [7, 11) is 0. The number of hydrogen-bond acceptors (Lipinski definition) is 10. The molecule has 196 valence electrons. The number of phenols is 4. The molecule has 0 saturated heterocycles. The van der Waals surface area contributed by atoms with Gasteiger partial charge >= 0.3 is 0 Å². The largest absolute Gasteiger partial charge is 0.507 e. The summed E-state index contributed by atoms with van der Waals surface area (Å²) in [6.07, 6.45) is -0.135. The highest BCUT2D eigenvalue weighted by atomic mass is 16.3. The van der Waals surface area contributed by atoms with Gasteiger partial charge in [0.05, 0.1) is 39.6 Å². The minimum Gasteiger partial charge on any atom is -0.507 e. The fraction of sp³-hybridized carbons (Fsp3) is 0.259. The first kappa shape index (κ1) is 26.4. The number of aliphatic hydroxyl groups excluding tert-OH is 6. The van der Waals surface area contributed by atoms with Crippen molar-refractivity contribution in [2.24, 2.45) is 0 Å². The van der Waals surface area contributed by atoms with Crippen LogP contribution in [0.25, 0.3) is 21.5 Å². The Morgan fingerprint density at radius 2 is 0.595 bits per heavy atom. The predicted molar refractivity (Wildman–Crippen MR) is 133 cm³/mol. The summed E-state index contributed by atoms with van der Waals surface area (Å²) >= 11 is 0. The van der Waals surface area contributed by atoms with Crippen molar-refractivity contribution in [3.63, 3.8) is 0 Å². The first-order chi connectivity index (χ1) is 17.8. The van der Waals surface area contributed by atoms with Crippen LogP contribution in [-0.4, -0.2) is 51.1 Å². The van der Waals surface area contributed by atoms with E-state index in [-0.39, 0.29) is 73.9 Å². The van der Waals surface area contributed by atoms with E-state index in [1.807, 2.05) is 0 Å². The van der Waals surface area contributed by atoms with Crippen molar-refractivity contribution in [2.75, 3.05) is 0 Å². The molecule has 0 aromatic heterocycles. The van der Waals surface area contributed by atoms with Gasteiger partial charge in [-0.2, -0.15) is 0 Å². The number of rotatable bonds is 8. The minimum absolute atomic E-state index is 0.0836. The summed E-state index contributed by atoms with van der Waals surface area (Å²) in [6, 6.07) is 5.78. The molecule has 10 N–H and O–H groups in total. The molecule has 10 heteroatoms. The molecule has 0 fully saturated rings. The lowest BCUT2D eigenvalue weighted by atomic mass is 9.88. The van der Waals surface area contributed by atoms with E-state index in [2.05, 4.69) is 0 Å². The smallest absolute Gasteiger partial charge is 0.127 e. The van der Waals surface area contributed by atoms with Gasteiger partial charge in [0.2, 0.25) is 0 Å². The molecule has 0 radical (unpaired) electrons. The molecule has 4 aromatic carbocycles. The van der Waals surface area contributed by atoms with E-state index in [0.29, 0.717) is 21.5 Å². The Morgan fingerprint density at radius 1 is 0.351 bits per heavy atom. The highest BCUT2D eigenvalue weighted by Gasteiger charge is 2.22. The lowest BCUT2D eigenvalue weighted by Gasteiger charge is -2.19. The molecule has 0 saturated carbocycles. The van der Waals surface area contributed by atoms with Gasteiger partial charge in [-0.3, -0.25) is 0 Å². The highest BCUT2D eigenvalue weighted by molar-refractivity contribution is 5.95. The summed E-state index contributed by atoms with van der Waals surface area (Å²) in [5.41, 5.74) is 0.973. The summed E-state index contributed by atoms with van der Waals surface area (Å²) in [6.45, 7) is -3.45. The molecule has 37 heavy (non-hydrogen) atoms. The maximum Gasteiger partial charge on any atom is 0.127 e. The SMILES string of the molecule is OCc1cc2c(CO)c(O)c(Cc3cc4c(CO)c(O)c(CO)cc4c(CO)c3O)cc2c(CO)c1O. The molecule has 10 nitrogen and oxygen atoms in total. The number of aromatic hydroxyl groups is 4. The minimum atomic E-state index is -0.602. The van der Waals surface area contributed by atoms with Crippen molar-refractivity contribution in [1.82, 2.24) is 0 Å². The van der Waals surface area contributed by atoms with Crippen LogP contribution < -0.4 is 0 Å². The first-order valence-corrected chi connectivity index (χ1v) is 11.4. The molecule has 4 aromatic rings. The molecule has 0 aliphatic rings. The van der Waals surface area contributed by atoms with Gasteiger partial charge in [0, 0.05) is 39.8 Å². The summed E-state index contributed by atoms with van der Waals surface area (Å²) in [4.78, 5) is 0. The Labute approximate surface area is 210 Å². The Balaban J connectivity index is 2.01. The van der Waals surface area contributed by atoms with Crippen LogP contribution in [0.5, 0.6) is 23.0 Å². The van der Waals surface area contributed by atoms with Crippen molar-refractivity contribution in [2.45, 2.75) is 46.1 Å². The van der Waals surface area contributed by atoms with E-state index in [4.69, 9.17) is 0 Å². The fourth-order valence-electron chi connectivity index (χ4n) is 4.92. The summed E-state index contributed by atoms with van der Waals surface area (Å²) < 4.78 is 0. The topological polar surface area (TPSA) is 202 Å². The van der Waals surface area contributed by atoms with E-state index in [1.54, 1.807) is 0 Å². The fourth-order valence-corrected chi connectivity index (χ4v) is 4.92. The quantitative estimate of drug-likeness (QED) is 0.164. The van der Waals surface area contributed by atoms with Crippen LogP contribution in [-0.2, 0) is 46.1 Å². The molecule has 4 rings (SSSR count). The van der Waals surface area contributed by atoms with Crippen molar-refractivity contribution in [3.05, 3.63) is 68.8 Å². The van der Waals surface area contributed by atoms with Crippen LogP contribution >= 0.6 is 0 Å². The number of fused-ring (bicyclic) bond motifs is 2. The molecule has 0 amide bonds. The summed E-state index contributed by atoms with van der Waals surface area (Å²) in [5.74, 6) is -1.26. The second-order valence-corrected chi connectivity index (χ2v) is 8.77. The molecular formula is C27H28O10. The van der Waals surface area contributed by atoms with Gasteiger partial charge in [-0.15, -0.1) is 0 Å². The zero-order chi connectivity index (χ0) is 27.0. The number of benzene rings is 4. The third kappa shape index (κ3) is 4.19. The maximum absolute atomic E-state index is 11.0. The van der Waals surface area contributed by atoms with E-state index in [0.717, 1.165) is 0 Å². The van der Waals surface area contributed by atoms with E-state index in [9.17, 15) is 51.1 Å². The van der Waals surface area contributed by atoms with Crippen LogP contribution in [0.3, 0.4) is 0 Å². The molecule has 0 bridgehead atoms. The van der Waals surface area contributed by atoms with Gasteiger partial charge in [-0.1, -0.05) is 0 Å². The third-order valence-electron chi connectivity index (χ3n) is 6.87. The van der Waals surface area contributed by atoms with Gasteiger partial charge in [0.15, 0.2) is 0 Å². The molecular weight excluding hydrogens is 484 g/mol. The normalized spacial score (nSPS) is 11.6. The van der Waals surface area contributed by atoms with Crippen molar-refractivity contribution >= 4 is 21.5 Å². The van der Waals surface area contributed by atoms with Crippen LogP contribution in [0.4, 0.5) is 0 Å². The van der Waals surface area contributed by atoms with Gasteiger partial charge in [0.25, 0.3) is 0 Å². The molecule has 0 unspecified atom stereocenters. The van der Waals surface area contributed by atoms with Crippen LogP contribution in [0, 0.1) is 0 Å². The third-order valence-corrected chi connectivity index (χ3v) is 6.87. The molecule has 0 heterocycles. The average molecular weight is 513 g/mol. The number of hydrogen-bond donors (Lipinski definition) is 10. The van der Waals surface area contributed by atoms with Crippen LogP contribution in [0.2, 0.25) is 0 Å². The van der Waals surface area contributed by atoms with Crippen LogP contribution in [0.1, 0.15) is 44.5 Å². The Morgan fingerprint density at radius 3 is 0.838 bits per heavy atom. The van der Waals surface area contributed by atoms with E-state index >= 15 is 0 Å². The molecule has 0 aliphatic heterocycles. The van der Waals surface area contributed by atoms with E-state index in [1.165, 1.54) is 24.3 Å². The molecule has 0 spiro atoms. The molecule has 0 atom stereocenters. The monoisotopic (exact) mass is 512 g/mol. The van der Waals surface area contributed by atoms with Crippen molar-refractivity contribution in [3.8, 4) is 23.0 Å². The van der Waals surface area contributed by atoms with Crippen molar-refractivity contribution in [1.29, 1.82) is 0 Å². The van der Waals surface area contributed by atoms with Gasteiger partial charge < -0.3 is 51.1 Å². The predicted octanol–water partition coefficient (Wildman–Crippen LogP) is 1.36. The standard InChI is InChI=1S/C27H28O10/c28-6-14-4-18-16(22(10-32)26(14)36)2-12(24(34)20(18)8-30)1-13-3-17-19(21(9-31)25(13)35)5-15(7-29)27(37)23(17)11-33/h2-5,28-37H,1,6-11H2. The van der Waals surface area contributed by atoms with Gasteiger partial charge in [-0.25, -0.2) is 0 Å². The Bertz CT molecular complexity index is 1400. The van der Waals surface area contributed by atoms with E-state index < -0.39 is 39.6 Å². The second-order valence-electron chi connectivity index (χ2n) is 8.77. The zero-order valence-corrected chi connectivity index (χ0v) is 19.7. The number of aliphatic hydroxyl groups is 6. The first-order valence-electron chi connectivity index (χ1n) is 11.4. The highest BCUT2D eigenvalue weighted by Crippen LogP contribution is 2.42. The van der Waals surface area contributed by atoms with Crippen LogP contribution in [0.15, 0.2) is 24.3 Å². The lowest BCUT2D eigenvalue weighted by molar-refractivity contribution is 0.264.